The number of rotatable bonds is 1. The second kappa shape index (κ2) is 4.84. The van der Waals surface area contributed by atoms with E-state index in [0.717, 1.165) is 0 Å². The van der Waals surface area contributed by atoms with Crippen LogP contribution in [0.2, 0.25) is 0 Å². The highest BCUT2D eigenvalue weighted by Gasteiger charge is 2.25. The molecule has 0 amide bonds. The second-order valence-electron chi connectivity index (χ2n) is 3.68. The lowest BCUT2D eigenvalue weighted by Gasteiger charge is -2.19. The predicted molar refractivity (Wildman–Crippen MR) is 69.0 cm³/mol. The highest BCUT2D eigenvalue weighted by Crippen LogP contribution is 2.28. The minimum atomic E-state index is -0.556. The number of hydrogen-bond donors (Lipinski definition) is 0. The first-order valence-corrected chi connectivity index (χ1v) is 7.97. The Kier molecular flexibility index (Phi) is 3.61. The smallest absolute Gasteiger partial charge is 0.252 e. The average molecular weight is 289 g/mol. The zero-order valence-electron chi connectivity index (χ0n) is 8.99. The lowest BCUT2D eigenvalue weighted by molar-refractivity contribution is 0.0982. The van der Waals surface area contributed by atoms with Crippen LogP contribution in [-0.4, -0.2) is 21.0 Å². The maximum absolute atomic E-state index is 11.8. The fourth-order valence-corrected chi connectivity index (χ4v) is 5.00. The average Bonchev–Trinajstić information content (AvgIpc) is 2.30. The number of Topliss-reactive ketones (excluding diaryl/α,β-unsaturated/α-hetero) is 1. The maximum atomic E-state index is 11.8. The largest absolute Gasteiger partial charge is 0.294 e. The van der Waals surface area contributed by atoms with Crippen molar-refractivity contribution in [3.05, 3.63) is 28.8 Å². The molecule has 1 atom stereocenters. The summed E-state index contributed by atoms with van der Waals surface area (Å²) in [4.78, 5) is 23.7. The lowest BCUT2D eigenvalue weighted by atomic mass is 10.0. The molecule has 2 rings (SSSR count). The number of carbonyl (C=O) groups is 2. The number of benzene rings is 1. The van der Waals surface area contributed by atoms with Gasteiger partial charge >= 0.3 is 0 Å². The highest BCUT2D eigenvalue weighted by atomic mass is 35.5. The van der Waals surface area contributed by atoms with Crippen LogP contribution in [0.5, 0.6) is 0 Å². The monoisotopic (exact) mass is 288 g/mol. The first kappa shape index (κ1) is 12.7. The number of ketones is 1. The molecule has 1 aromatic rings. The van der Waals surface area contributed by atoms with E-state index in [1.807, 2.05) is 0 Å². The van der Waals surface area contributed by atoms with E-state index in [0.29, 0.717) is 44.0 Å². The molecule has 1 aliphatic heterocycles. The van der Waals surface area contributed by atoms with E-state index >= 15 is 0 Å². The molecular formula is C11H9ClO3S2. The van der Waals surface area contributed by atoms with Crippen LogP contribution in [0.15, 0.2) is 17.0 Å². The van der Waals surface area contributed by atoms with E-state index < -0.39 is 14.7 Å². The first-order valence-electron chi connectivity index (χ1n) is 4.94. The van der Waals surface area contributed by atoms with Gasteiger partial charge in [0.1, 0.15) is 10.2 Å². The van der Waals surface area contributed by atoms with Crippen molar-refractivity contribution in [1.29, 1.82) is 0 Å². The normalized spacial score (nSPS) is 18.7. The fraction of sp³-hybridized carbons (Fsp3) is 0.273. The number of fused-ring (bicyclic) bond motifs is 1. The van der Waals surface area contributed by atoms with Crippen molar-refractivity contribution >= 4 is 42.3 Å². The van der Waals surface area contributed by atoms with Crippen LogP contribution in [0, 0.1) is 6.92 Å². The van der Waals surface area contributed by atoms with E-state index in [1.165, 1.54) is 0 Å². The molecule has 1 aromatic carbocycles. The Labute approximate surface area is 109 Å². The summed E-state index contributed by atoms with van der Waals surface area (Å²) in [6.07, 6.45) is 0.402. The zero-order valence-corrected chi connectivity index (χ0v) is 11.4. The third-order valence-electron chi connectivity index (χ3n) is 2.74. The number of carbonyl (C=O) groups excluding carboxylic acids is 2. The standard InChI is InChI=1S/C11H9ClO3S2/c1-6-7(11(12)14)2-3-8-9(13)4-5-17(16-15)10(6)8/h2-3H,4-5H2,1H3. The van der Waals surface area contributed by atoms with Gasteiger partial charge in [0.05, 0.1) is 0 Å². The molecule has 0 bridgehead atoms. The lowest BCUT2D eigenvalue weighted by Crippen LogP contribution is -2.19. The summed E-state index contributed by atoms with van der Waals surface area (Å²) in [5, 5.41) is -0.553. The molecule has 0 aliphatic carbocycles. The van der Waals surface area contributed by atoms with Crippen molar-refractivity contribution in [3.8, 4) is 0 Å². The summed E-state index contributed by atoms with van der Waals surface area (Å²) in [5.41, 5.74) is 1.62. The Morgan fingerprint density at radius 3 is 2.76 bits per heavy atom. The summed E-state index contributed by atoms with van der Waals surface area (Å²) in [5.74, 6) is 0.593. The summed E-state index contributed by atoms with van der Waals surface area (Å²) in [6, 6.07) is 3.17. The van der Waals surface area contributed by atoms with Crippen molar-refractivity contribution in [2.75, 3.05) is 5.75 Å². The fourth-order valence-electron chi connectivity index (χ4n) is 1.91. The van der Waals surface area contributed by atoms with E-state index in [1.54, 1.807) is 19.1 Å². The van der Waals surface area contributed by atoms with Crippen molar-refractivity contribution in [2.24, 2.45) is 0 Å². The summed E-state index contributed by atoms with van der Waals surface area (Å²) >= 11 is 5.47. The van der Waals surface area contributed by atoms with Crippen LogP contribution in [-0.2, 0) is 19.7 Å². The Bertz CT molecular complexity index is 589. The van der Waals surface area contributed by atoms with Crippen LogP contribution in [0.1, 0.15) is 32.7 Å². The first-order chi connectivity index (χ1) is 8.06. The van der Waals surface area contributed by atoms with Crippen LogP contribution >= 0.6 is 11.6 Å². The third-order valence-corrected chi connectivity index (χ3v) is 6.16. The van der Waals surface area contributed by atoms with Crippen LogP contribution in [0.3, 0.4) is 0 Å². The van der Waals surface area contributed by atoms with Gasteiger partial charge in [0.2, 0.25) is 0 Å². The molecule has 0 N–H and O–H groups in total. The number of hydrogen-bond acceptors (Lipinski definition) is 3. The molecule has 0 radical (unpaired) electrons. The molecule has 1 heterocycles. The van der Waals surface area contributed by atoms with Crippen molar-refractivity contribution < 1.29 is 13.8 Å². The summed E-state index contributed by atoms with van der Waals surface area (Å²) < 4.78 is 11.1. The summed E-state index contributed by atoms with van der Waals surface area (Å²) in [7, 11) is -0.0600. The minimum Gasteiger partial charge on any atom is -0.294 e. The molecule has 0 spiro atoms. The Hall–Kier alpha value is -0.780. The Morgan fingerprint density at radius 1 is 1.47 bits per heavy atom. The molecule has 0 saturated carbocycles. The van der Waals surface area contributed by atoms with Crippen LogP contribution in [0.25, 0.3) is 0 Å². The molecule has 0 fully saturated rings. The second-order valence-corrected chi connectivity index (χ2v) is 7.28. The van der Waals surface area contributed by atoms with Gasteiger partial charge in [0, 0.05) is 28.2 Å². The summed E-state index contributed by atoms with van der Waals surface area (Å²) in [6.45, 7) is 1.74. The van der Waals surface area contributed by atoms with E-state index in [9.17, 15) is 13.8 Å². The van der Waals surface area contributed by atoms with Gasteiger partial charge in [-0.15, -0.1) is 0 Å². The highest BCUT2D eigenvalue weighted by molar-refractivity contribution is 8.31. The predicted octanol–water partition coefficient (Wildman–Crippen LogP) is 2.07. The van der Waals surface area contributed by atoms with Gasteiger partial charge in [0.15, 0.2) is 5.78 Å². The Morgan fingerprint density at radius 2 is 2.18 bits per heavy atom. The van der Waals surface area contributed by atoms with Crippen LogP contribution in [0.4, 0.5) is 0 Å². The van der Waals surface area contributed by atoms with Gasteiger partial charge in [-0.1, -0.05) is 9.45 Å². The molecule has 1 unspecified atom stereocenters. The van der Waals surface area contributed by atoms with Crippen molar-refractivity contribution in [2.45, 2.75) is 18.2 Å². The van der Waals surface area contributed by atoms with Crippen LogP contribution < -0.4 is 0 Å². The third kappa shape index (κ3) is 2.14. The molecule has 6 heteroatoms. The van der Waals surface area contributed by atoms with Crippen molar-refractivity contribution in [3.63, 3.8) is 0 Å². The van der Waals surface area contributed by atoms with Gasteiger partial charge in [0.25, 0.3) is 5.24 Å². The molecule has 0 saturated heterocycles. The van der Waals surface area contributed by atoms with Gasteiger partial charge < -0.3 is 0 Å². The topological polar surface area (TPSA) is 51.2 Å². The van der Waals surface area contributed by atoms with Gasteiger partial charge in [-0.25, -0.2) is 4.21 Å². The molecule has 1 aliphatic rings. The molecule has 3 nitrogen and oxygen atoms in total. The van der Waals surface area contributed by atoms with Crippen molar-refractivity contribution in [1.82, 2.24) is 0 Å². The quantitative estimate of drug-likeness (QED) is 0.743. The zero-order chi connectivity index (χ0) is 12.6. The molecule has 17 heavy (non-hydrogen) atoms. The SMILES string of the molecule is Cc1c(C(=O)Cl)ccc2c1S(=S=O)CCC2=O. The van der Waals surface area contributed by atoms with E-state index in [4.69, 9.17) is 11.6 Å². The van der Waals surface area contributed by atoms with E-state index in [-0.39, 0.29) is 5.78 Å². The van der Waals surface area contributed by atoms with Gasteiger partial charge in [-0.2, -0.15) is 0 Å². The maximum Gasteiger partial charge on any atom is 0.252 e. The molecular weight excluding hydrogens is 280 g/mol. The van der Waals surface area contributed by atoms with Gasteiger partial charge in [-0.05, 0) is 36.2 Å². The minimum absolute atomic E-state index is 0.0365. The van der Waals surface area contributed by atoms with Gasteiger partial charge in [-0.3, -0.25) is 9.59 Å². The molecule has 0 aromatic heterocycles. The molecule has 90 valence electrons. The Balaban J connectivity index is 2.79. The van der Waals surface area contributed by atoms with E-state index in [2.05, 4.69) is 0 Å². The number of halogens is 1.